The Balaban J connectivity index is 2.04. The van der Waals surface area contributed by atoms with Crippen LogP contribution in [0.5, 0.6) is 0 Å². The molecule has 3 N–H and O–H groups in total. The molecule has 20 heavy (non-hydrogen) atoms. The number of thiocarbonyl (C=S) groups is 1. The molecule has 0 saturated heterocycles. The average Bonchev–Trinajstić information content (AvgIpc) is 2.92. The number of amides is 1. The summed E-state index contributed by atoms with van der Waals surface area (Å²) >= 11 is 6.88. The molecule has 0 unspecified atom stereocenters. The number of nitrogens with two attached hydrogens (primary N) is 1. The Morgan fingerprint density at radius 1 is 1.45 bits per heavy atom. The van der Waals surface area contributed by atoms with Crippen LogP contribution in [0.3, 0.4) is 0 Å². The lowest BCUT2D eigenvalue weighted by atomic mass is 9.73. The number of thiophene rings is 1. The highest BCUT2D eigenvalue weighted by atomic mass is 32.1. The fourth-order valence-electron chi connectivity index (χ4n) is 2.91. The van der Waals surface area contributed by atoms with Crippen LogP contribution in [0.4, 0.5) is 0 Å². The standard InChI is InChI=1S/C15H22N2OS2/c1-2-11-6-9-20-12(11)10-17-14(18)15(13(16)19)7-4-3-5-8-15/h6,9H,2-5,7-8,10H2,1H3,(H2,16,19)(H,17,18). The summed E-state index contributed by atoms with van der Waals surface area (Å²) in [6.45, 7) is 2.72. The minimum atomic E-state index is -0.614. The number of carbonyl (C=O) groups is 1. The topological polar surface area (TPSA) is 55.1 Å². The first kappa shape index (κ1) is 15.4. The molecule has 3 nitrogen and oxygen atoms in total. The number of hydrogen-bond donors (Lipinski definition) is 2. The van der Waals surface area contributed by atoms with Gasteiger partial charge in [0.15, 0.2) is 0 Å². The van der Waals surface area contributed by atoms with Crippen molar-refractivity contribution in [1.29, 1.82) is 0 Å². The Hall–Kier alpha value is -0.940. The lowest BCUT2D eigenvalue weighted by molar-refractivity contribution is -0.129. The van der Waals surface area contributed by atoms with Crippen molar-refractivity contribution in [3.63, 3.8) is 0 Å². The lowest BCUT2D eigenvalue weighted by Crippen LogP contribution is -2.49. The fourth-order valence-corrected chi connectivity index (χ4v) is 4.12. The number of hydrogen-bond acceptors (Lipinski definition) is 3. The molecule has 0 atom stereocenters. The molecule has 5 heteroatoms. The Labute approximate surface area is 129 Å². The predicted octanol–water partition coefficient (Wildman–Crippen LogP) is 3.16. The third-order valence-corrected chi connectivity index (χ3v) is 5.60. The van der Waals surface area contributed by atoms with Gasteiger partial charge in [-0.2, -0.15) is 0 Å². The molecule has 1 fully saturated rings. The van der Waals surface area contributed by atoms with Gasteiger partial charge in [-0.25, -0.2) is 0 Å². The molecule has 1 aromatic heterocycles. The number of aryl methyl sites for hydroxylation is 1. The normalized spacial score (nSPS) is 17.6. The first-order valence-corrected chi connectivity index (χ1v) is 8.52. The van der Waals surface area contributed by atoms with Crippen LogP contribution in [0.1, 0.15) is 49.5 Å². The molecule has 1 amide bonds. The van der Waals surface area contributed by atoms with Crippen molar-refractivity contribution in [3.8, 4) is 0 Å². The van der Waals surface area contributed by atoms with E-state index in [2.05, 4.69) is 23.7 Å². The molecule has 1 heterocycles. The van der Waals surface area contributed by atoms with Gasteiger partial charge in [0.2, 0.25) is 5.91 Å². The smallest absolute Gasteiger partial charge is 0.233 e. The largest absolute Gasteiger partial charge is 0.392 e. The Morgan fingerprint density at radius 2 is 2.15 bits per heavy atom. The van der Waals surface area contributed by atoms with Gasteiger partial charge in [0.25, 0.3) is 0 Å². The average molecular weight is 310 g/mol. The highest BCUT2D eigenvalue weighted by Crippen LogP contribution is 2.37. The van der Waals surface area contributed by atoms with Gasteiger partial charge in [0.05, 0.1) is 16.9 Å². The molecule has 0 aromatic carbocycles. The third kappa shape index (κ3) is 3.04. The van der Waals surface area contributed by atoms with Gasteiger partial charge in [-0.1, -0.05) is 38.4 Å². The zero-order chi connectivity index (χ0) is 14.6. The minimum Gasteiger partial charge on any atom is -0.392 e. The molecular weight excluding hydrogens is 288 g/mol. The van der Waals surface area contributed by atoms with E-state index in [9.17, 15) is 4.79 Å². The molecule has 1 saturated carbocycles. The second-order valence-corrected chi connectivity index (χ2v) is 6.85. The van der Waals surface area contributed by atoms with Crippen molar-refractivity contribution in [3.05, 3.63) is 21.9 Å². The van der Waals surface area contributed by atoms with E-state index in [1.165, 1.54) is 16.9 Å². The Bertz CT molecular complexity index is 490. The molecule has 110 valence electrons. The highest BCUT2D eigenvalue weighted by Gasteiger charge is 2.42. The van der Waals surface area contributed by atoms with Gasteiger partial charge < -0.3 is 11.1 Å². The van der Waals surface area contributed by atoms with E-state index >= 15 is 0 Å². The van der Waals surface area contributed by atoms with Gasteiger partial charge in [-0.05, 0) is 36.3 Å². The van der Waals surface area contributed by atoms with Crippen molar-refractivity contribution in [2.45, 2.75) is 52.0 Å². The lowest BCUT2D eigenvalue weighted by Gasteiger charge is -2.34. The van der Waals surface area contributed by atoms with E-state index in [0.29, 0.717) is 11.5 Å². The SMILES string of the molecule is CCc1ccsc1CNC(=O)C1(C(N)=S)CCCCC1. The predicted molar refractivity (Wildman–Crippen MR) is 87.8 cm³/mol. The second kappa shape index (κ2) is 6.68. The summed E-state index contributed by atoms with van der Waals surface area (Å²) in [5.41, 5.74) is 6.58. The van der Waals surface area contributed by atoms with E-state index < -0.39 is 5.41 Å². The summed E-state index contributed by atoms with van der Waals surface area (Å²) in [5, 5.41) is 5.13. The van der Waals surface area contributed by atoms with Crippen LogP contribution in [-0.4, -0.2) is 10.9 Å². The van der Waals surface area contributed by atoms with Gasteiger partial charge in [0.1, 0.15) is 0 Å². The Morgan fingerprint density at radius 3 is 2.75 bits per heavy atom. The van der Waals surface area contributed by atoms with Crippen molar-refractivity contribution in [2.75, 3.05) is 0 Å². The van der Waals surface area contributed by atoms with Gasteiger partial charge in [-0.15, -0.1) is 11.3 Å². The van der Waals surface area contributed by atoms with E-state index in [4.69, 9.17) is 18.0 Å². The minimum absolute atomic E-state index is 0.0140. The molecule has 0 aliphatic heterocycles. The summed E-state index contributed by atoms with van der Waals surface area (Å²) in [5.74, 6) is 0.0140. The van der Waals surface area contributed by atoms with Crippen LogP contribution >= 0.6 is 23.6 Å². The van der Waals surface area contributed by atoms with Crippen LogP contribution in [0.25, 0.3) is 0 Å². The van der Waals surface area contributed by atoms with Crippen LogP contribution in [0.15, 0.2) is 11.4 Å². The van der Waals surface area contributed by atoms with Crippen LogP contribution in [-0.2, 0) is 17.8 Å². The summed E-state index contributed by atoms with van der Waals surface area (Å²) in [6, 6.07) is 2.12. The van der Waals surface area contributed by atoms with E-state index in [0.717, 1.165) is 32.1 Å². The first-order chi connectivity index (χ1) is 9.60. The molecule has 0 spiro atoms. The third-order valence-electron chi connectivity index (χ3n) is 4.24. The van der Waals surface area contributed by atoms with Gasteiger partial charge in [-0.3, -0.25) is 4.79 Å². The number of carbonyl (C=O) groups excluding carboxylic acids is 1. The van der Waals surface area contributed by atoms with Crippen molar-refractivity contribution >= 4 is 34.5 Å². The monoisotopic (exact) mass is 310 g/mol. The molecule has 2 rings (SSSR count). The zero-order valence-corrected chi connectivity index (χ0v) is 13.5. The van der Waals surface area contributed by atoms with Crippen LogP contribution in [0.2, 0.25) is 0 Å². The van der Waals surface area contributed by atoms with Gasteiger partial charge in [0, 0.05) is 4.88 Å². The molecular formula is C15H22N2OS2. The van der Waals surface area contributed by atoms with Crippen molar-refractivity contribution < 1.29 is 4.79 Å². The van der Waals surface area contributed by atoms with Gasteiger partial charge >= 0.3 is 0 Å². The zero-order valence-electron chi connectivity index (χ0n) is 11.9. The maximum absolute atomic E-state index is 12.6. The summed E-state index contributed by atoms with van der Waals surface area (Å²) in [6.07, 6.45) is 5.81. The van der Waals surface area contributed by atoms with Crippen LogP contribution < -0.4 is 11.1 Å². The summed E-state index contributed by atoms with van der Waals surface area (Å²) in [7, 11) is 0. The highest BCUT2D eigenvalue weighted by molar-refractivity contribution is 7.80. The molecule has 0 bridgehead atoms. The maximum atomic E-state index is 12.6. The molecule has 0 radical (unpaired) electrons. The van der Waals surface area contributed by atoms with Crippen LogP contribution in [0, 0.1) is 5.41 Å². The first-order valence-electron chi connectivity index (χ1n) is 7.23. The molecule has 1 aromatic rings. The maximum Gasteiger partial charge on any atom is 0.233 e. The number of rotatable bonds is 5. The van der Waals surface area contributed by atoms with Crippen molar-refractivity contribution in [2.24, 2.45) is 11.1 Å². The molecule has 1 aliphatic carbocycles. The summed E-state index contributed by atoms with van der Waals surface area (Å²) in [4.78, 5) is 14.2. The quantitative estimate of drug-likeness (QED) is 0.821. The van der Waals surface area contributed by atoms with E-state index in [-0.39, 0.29) is 5.91 Å². The van der Waals surface area contributed by atoms with Crippen molar-refractivity contribution in [1.82, 2.24) is 5.32 Å². The van der Waals surface area contributed by atoms with E-state index in [1.807, 2.05) is 0 Å². The second-order valence-electron chi connectivity index (χ2n) is 5.41. The summed E-state index contributed by atoms with van der Waals surface area (Å²) < 4.78 is 0. The molecule has 1 aliphatic rings. The van der Waals surface area contributed by atoms with E-state index in [1.54, 1.807) is 11.3 Å². The number of nitrogens with one attached hydrogen (secondary N) is 1. The Kier molecular flexibility index (Phi) is 5.16. The fraction of sp³-hybridized carbons (Fsp3) is 0.600.